The van der Waals surface area contributed by atoms with E-state index in [1.165, 1.54) is 12.4 Å². The van der Waals surface area contributed by atoms with E-state index in [1.54, 1.807) is 18.5 Å². The third-order valence-corrected chi connectivity index (χ3v) is 4.24. The zero-order valence-electron chi connectivity index (χ0n) is 13.0. The van der Waals surface area contributed by atoms with Gasteiger partial charge in [-0.05, 0) is 13.0 Å². The SMILES string of the molecule is CC(c1ncccn1)N1CCN(Cc2nccn2C(F)F)CC1. The van der Waals surface area contributed by atoms with Crippen LogP contribution in [0.25, 0.3) is 0 Å². The molecule has 0 N–H and O–H groups in total. The van der Waals surface area contributed by atoms with E-state index in [1.807, 2.05) is 0 Å². The number of aromatic nitrogens is 4. The van der Waals surface area contributed by atoms with Gasteiger partial charge in [-0.3, -0.25) is 14.4 Å². The molecule has 2 aromatic heterocycles. The molecule has 1 saturated heterocycles. The fourth-order valence-corrected chi connectivity index (χ4v) is 2.84. The standard InChI is InChI=1S/C15H20F2N6/c1-12(14-19-3-2-4-20-14)22-9-7-21(8-10-22)11-13-18-5-6-23(13)15(16)17/h2-6,12,15H,7-11H2,1H3. The maximum Gasteiger partial charge on any atom is 0.319 e. The average molecular weight is 322 g/mol. The van der Waals surface area contributed by atoms with Crippen molar-refractivity contribution in [3.63, 3.8) is 0 Å². The largest absolute Gasteiger partial charge is 0.319 e. The summed E-state index contributed by atoms with van der Waals surface area (Å²) in [6.45, 7) is 3.34. The molecule has 1 aliphatic rings. The molecule has 1 atom stereocenters. The Bertz CT molecular complexity index is 609. The number of imidazole rings is 1. The summed E-state index contributed by atoms with van der Waals surface area (Å²) in [6.07, 6.45) is 6.25. The van der Waals surface area contributed by atoms with Crippen LogP contribution in [-0.4, -0.2) is 55.5 Å². The van der Waals surface area contributed by atoms with Crippen LogP contribution < -0.4 is 0 Å². The van der Waals surface area contributed by atoms with Gasteiger partial charge in [0.2, 0.25) is 0 Å². The molecule has 0 aromatic carbocycles. The number of hydrogen-bond acceptors (Lipinski definition) is 5. The Morgan fingerprint density at radius 2 is 1.74 bits per heavy atom. The second kappa shape index (κ2) is 7.10. The summed E-state index contributed by atoms with van der Waals surface area (Å²) in [5.41, 5.74) is 0. The second-order valence-electron chi connectivity index (χ2n) is 5.62. The van der Waals surface area contributed by atoms with Crippen molar-refractivity contribution in [3.05, 3.63) is 42.5 Å². The molecule has 1 fully saturated rings. The van der Waals surface area contributed by atoms with Crippen LogP contribution in [0.4, 0.5) is 8.78 Å². The molecule has 3 heterocycles. The van der Waals surface area contributed by atoms with E-state index in [0.29, 0.717) is 12.4 Å². The van der Waals surface area contributed by atoms with Crippen LogP contribution in [0.15, 0.2) is 30.9 Å². The van der Waals surface area contributed by atoms with E-state index in [2.05, 4.69) is 31.7 Å². The molecular weight excluding hydrogens is 302 g/mol. The molecule has 0 amide bonds. The van der Waals surface area contributed by atoms with Gasteiger partial charge in [-0.1, -0.05) is 0 Å². The number of hydrogen-bond donors (Lipinski definition) is 0. The second-order valence-corrected chi connectivity index (χ2v) is 5.62. The van der Waals surface area contributed by atoms with Gasteiger partial charge >= 0.3 is 6.55 Å². The minimum absolute atomic E-state index is 0.154. The predicted molar refractivity (Wildman–Crippen MR) is 80.8 cm³/mol. The number of rotatable bonds is 5. The van der Waals surface area contributed by atoms with Crippen LogP contribution in [0.1, 0.15) is 31.2 Å². The molecule has 124 valence electrons. The maximum atomic E-state index is 12.9. The first-order valence-electron chi connectivity index (χ1n) is 7.68. The van der Waals surface area contributed by atoms with Gasteiger partial charge in [0.15, 0.2) is 0 Å². The summed E-state index contributed by atoms with van der Waals surface area (Å²) >= 11 is 0. The number of nitrogens with zero attached hydrogens (tertiary/aromatic N) is 6. The normalized spacial score (nSPS) is 18.4. The first-order valence-corrected chi connectivity index (χ1v) is 7.68. The minimum atomic E-state index is -2.54. The molecule has 23 heavy (non-hydrogen) atoms. The van der Waals surface area contributed by atoms with E-state index in [0.717, 1.165) is 36.6 Å². The smallest absolute Gasteiger partial charge is 0.293 e. The van der Waals surface area contributed by atoms with Gasteiger partial charge in [-0.15, -0.1) is 0 Å². The van der Waals surface area contributed by atoms with E-state index in [9.17, 15) is 8.78 Å². The summed E-state index contributed by atoms with van der Waals surface area (Å²) in [5.74, 6) is 1.22. The Hall–Kier alpha value is -1.93. The summed E-state index contributed by atoms with van der Waals surface area (Å²) in [4.78, 5) is 17.1. The lowest BCUT2D eigenvalue weighted by molar-refractivity contribution is 0.0577. The monoisotopic (exact) mass is 322 g/mol. The highest BCUT2D eigenvalue weighted by Crippen LogP contribution is 2.19. The zero-order chi connectivity index (χ0) is 16.2. The topological polar surface area (TPSA) is 50.1 Å². The van der Waals surface area contributed by atoms with Gasteiger partial charge in [-0.2, -0.15) is 8.78 Å². The molecule has 3 rings (SSSR count). The van der Waals surface area contributed by atoms with Crippen LogP contribution in [0.3, 0.4) is 0 Å². The summed E-state index contributed by atoms with van der Waals surface area (Å²) in [7, 11) is 0. The van der Waals surface area contributed by atoms with E-state index in [-0.39, 0.29) is 6.04 Å². The first kappa shape index (κ1) is 15.9. The minimum Gasteiger partial charge on any atom is -0.293 e. The fourth-order valence-electron chi connectivity index (χ4n) is 2.84. The van der Waals surface area contributed by atoms with E-state index in [4.69, 9.17) is 0 Å². The molecule has 2 aromatic rings. The Kier molecular flexibility index (Phi) is 4.92. The number of piperazine rings is 1. The third-order valence-electron chi connectivity index (χ3n) is 4.24. The van der Waals surface area contributed by atoms with Crippen molar-refractivity contribution in [2.75, 3.05) is 26.2 Å². The van der Waals surface area contributed by atoms with Crippen LogP contribution in [0.2, 0.25) is 0 Å². The molecular formula is C15H20F2N6. The molecule has 6 nitrogen and oxygen atoms in total. The van der Waals surface area contributed by atoms with Crippen molar-refractivity contribution in [2.24, 2.45) is 0 Å². The maximum absolute atomic E-state index is 12.9. The summed E-state index contributed by atoms with van der Waals surface area (Å²) < 4.78 is 26.6. The summed E-state index contributed by atoms with van der Waals surface area (Å²) in [5, 5.41) is 0. The van der Waals surface area contributed by atoms with Crippen molar-refractivity contribution in [1.82, 2.24) is 29.3 Å². The highest BCUT2D eigenvalue weighted by Gasteiger charge is 2.24. The Morgan fingerprint density at radius 1 is 1.04 bits per heavy atom. The van der Waals surface area contributed by atoms with Crippen molar-refractivity contribution in [2.45, 2.75) is 26.1 Å². The third kappa shape index (κ3) is 3.70. The molecule has 8 heteroatoms. The number of halogens is 2. The molecule has 1 unspecified atom stereocenters. The van der Waals surface area contributed by atoms with E-state index >= 15 is 0 Å². The van der Waals surface area contributed by atoms with Crippen LogP contribution >= 0.6 is 0 Å². The lowest BCUT2D eigenvalue weighted by atomic mass is 10.2. The van der Waals surface area contributed by atoms with Gasteiger partial charge in [0.1, 0.15) is 11.6 Å². The summed E-state index contributed by atoms with van der Waals surface area (Å²) in [6, 6.07) is 1.96. The Balaban J connectivity index is 1.55. The molecule has 0 spiro atoms. The van der Waals surface area contributed by atoms with Crippen molar-refractivity contribution in [1.29, 1.82) is 0 Å². The quantitative estimate of drug-likeness (QED) is 0.842. The number of alkyl halides is 2. The molecule has 0 saturated carbocycles. The Labute approximate surface area is 133 Å². The van der Waals surface area contributed by atoms with Crippen LogP contribution in [0.5, 0.6) is 0 Å². The van der Waals surface area contributed by atoms with Crippen LogP contribution in [0, 0.1) is 0 Å². The molecule has 1 aliphatic heterocycles. The van der Waals surface area contributed by atoms with Gasteiger partial charge in [0.05, 0.1) is 12.6 Å². The lowest BCUT2D eigenvalue weighted by Crippen LogP contribution is -2.47. The predicted octanol–water partition coefficient (Wildman–Crippen LogP) is 1.95. The van der Waals surface area contributed by atoms with Gasteiger partial charge in [-0.25, -0.2) is 15.0 Å². The zero-order valence-corrected chi connectivity index (χ0v) is 13.0. The van der Waals surface area contributed by atoms with Gasteiger partial charge < -0.3 is 0 Å². The van der Waals surface area contributed by atoms with Crippen molar-refractivity contribution >= 4 is 0 Å². The molecule has 0 radical (unpaired) electrons. The van der Waals surface area contributed by atoms with Crippen molar-refractivity contribution in [3.8, 4) is 0 Å². The highest BCUT2D eigenvalue weighted by molar-refractivity contribution is 4.97. The van der Waals surface area contributed by atoms with Gasteiger partial charge in [0, 0.05) is 51.0 Å². The molecule has 0 bridgehead atoms. The Morgan fingerprint density at radius 3 is 2.39 bits per heavy atom. The first-order chi connectivity index (χ1) is 11.1. The lowest BCUT2D eigenvalue weighted by Gasteiger charge is -2.37. The fraction of sp³-hybridized carbons (Fsp3) is 0.533. The van der Waals surface area contributed by atoms with Crippen molar-refractivity contribution < 1.29 is 8.78 Å². The van der Waals surface area contributed by atoms with Gasteiger partial charge in [0.25, 0.3) is 0 Å². The molecule has 0 aliphatic carbocycles. The highest BCUT2D eigenvalue weighted by atomic mass is 19.3. The van der Waals surface area contributed by atoms with E-state index < -0.39 is 6.55 Å². The van der Waals surface area contributed by atoms with Crippen LogP contribution in [-0.2, 0) is 6.54 Å². The average Bonchev–Trinajstić information content (AvgIpc) is 3.04.